The highest BCUT2D eigenvalue weighted by Crippen LogP contribution is 2.27. The first-order valence-electron chi connectivity index (χ1n) is 14.3. The minimum absolute atomic E-state index is 0.0549. The molecule has 1 aliphatic rings. The number of carbonyl (C=O) groups excluding carboxylic acids is 2. The van der Waals surface area contributed by atoms with E-state index in [1.165, 1.54) is 17.0 Å². The molecule has 0 saturated heterocycles. The molecular formula is C32H37Cl2N3O4S. The predicted octanol–water partition coefficient (Wildman–Crippen LogP) is 6.75. The van der Waals surface area contributed by atoms with Crippen LogP contribution in [0.25, 0.3) is 0 Å². The van der Waals surface area contributed by atoms with Gasteiger partial charge in [-0.05, 0) is 73.7 Å². The average Bonchev–Trinajstić information content (AvgIpc) is 2.98. The van der Waals surface area contributed by atoms with E-state index in [-0.39, 0.29) is 23.4 Å². The predicted molar refractivity (Wildman–Crippen MR) is 168 cm³/mol. The quantitative estimate of drug-likeness (QED) is 0.254. The summed E-state index contributed by atoms with van der Waals surface area (Å²) in [5, 5.41) is 3.85. The fourth-order valence-corrected chi connectivity index (χ4v) is 7.08. The second-order valence-electron chi connectivity index (χ2n) is 10.7. The van der Waals surface area contributed by atoms with E-state index in [1.807, 2.05) is 19.9 Å². The number of hydrogen-bond acceptors (Lipinski definition) is 4. The second kappa shape index (κ2) is 14.4. The molecule has 3 aromatic carbocycles. The molecule has 1 saturated carbocycles. The van der Waals surface area contributed by atoms with Crippen molar-refractivity contribution in [3.63, 3.8) is 0 Å². The maximum Gasteiger partial charge on any atom is 0.264 e. The summed E-state index contributed by atoms with van der Waals surface area (Å²) in [5.74, 6) is -0.751. The molecule has 7 nitrogen and oxygen atoms in total. The van der Waals surface area contributed by atoms with Crippen LogP contribution in [-0.4, -0.2) is 43.8 Å². The van der Waals surface area contributed by atoms with Gasteiger partial charge in [0.05, 0.1) is 20.6 Å². The highest BCUT2D eigenvalue weighted by molar-refractivity contribution is 7.92. The lowest BCUT2D eigenvalue weighted by Gasteiger charge is -2.34. The third kappa shape index (κ3) is 7.85. The van der Waals surface area contributed by atoms with Gasteiger partial charge in [0.15, 0.2) is 0 Å². The first-order valence-corrected chi connectivity index (χ1v) is 16.5. The van der Waals surface area contributed by atoms with Crippen LogP contribution < -0.4 is 9.62 Å². The van der Waals surface area contributed by atoms with Gasteiger partial charge in [0, 0.05) is 12.6 Å². The standard InChI is InChI=1S/C32H37Cl2N3O4S/c1-3-30(32(39)35-25-12-6-4-7-13-25)36(21-24-17-18-28(33)29(34)20-24)31(38)22-37(26-14-10-11-23(2)19-26)42(40,41)27-15-8-5-9-16-27/h5,8-11,14-20,25,30H,3-4,6-7,12-13,21-22H2,1-2H3,(H,35,39). The molecule has 224 valence electrons. The van der Waals surface area contributed by atoms with Crippen LogP contribution in [0.4, 0.5) is 5.69 Å². The number of hydrogen-bond donors (Lipinski definition) is 1. The lowest BCUT2D eigenvalue weighted by atomic mass is 9.95. The van der Waals surface area contributed by atoms with E-state index in [0.717, 1.165) is 42.0 Å². The van der Waals surface area contributed by atoms with Crippen LogP contribution in [0, 0.1) is 6.92 Å². The van der Waals surface area contributed by atoms with Gasteiger partial charge in [-0.2, -0.15) is 0 Å². The second-order valence-corrected chi connectivity index (χ2v) is 13.4. The van der Waals surface area contributed by atoms with Crippen molar-refractivity contribution in [3.05, 3.63) is 94.0 Å². The van der Waals surface area contributed by atoms with Gasteiger partial charge >= 0.3 is 0 Å². The summed E-state index contributed by atoms with van der Waals surface area (Å²) in [4.78, 5) is 29.4. The van der Waals surface area contributed by atoms with Gasteiger partial charge in [-0.1, -0.05) is 85.8 Å². The summed E-state index contributed by atoms with van der Waals surface area (Å²) in [6.07, 6.45) is 5.41. The van der Waals surface area contributed by atoms with Gasteiger partial charge < -0.3 is 10.2 Å². The lowest BCUT2D eigenvalue weighted by Crippen LogP contribution is -2.54. The van der Waals surface area contributed by atoms with Gasteiger partial charge in [-0.3, -0.25) is 13.9 Å². The largest absolute Gasteiger partial charge is 0.352 e. The van der Waals surface area contributed by atoms with Crippen molar-refractivity contribution in [2.75, 3.05) is 10.8 Å². The Labute approximate surface area is 258 Å². The zero-order valence-electron chi connectivity index (χ0n) is 23.9. The summed E-state index contributed by atoms with van der Waals surface area (Å²) in [6.45, 7) is 3.27. The van der Waals surface area contributed by atoms with Crippen LogP contribution >= 0.6 is 23.2 Å². The molecular weight excluding hydrogens is 593 g/mol. The van der Waals surface area contributed by atoms with E-state index >= 15 is 0 Å². The van der Waals surface area contributed by atoms with E-state index < -0.39 is 28.5 Å². The maximum atomic E-state index is 14.2. The number of nitrogens with zero attached hydrogens (tertiary/aromatic N) is 2. The van der Waals surface area contributed by atoms with Crippen molar-refractivity contribution < 1.29 is 18.0 Å². The number of anilines is 1. The Bertz CT molecular complexity index is 1490. The normalized spacial score (nSPS) is 14.7. The monoisotopic (exact) mass is 629 g/mol. The molecule has 1 fully saturated rings. The summed E-state index contributed by atoms with van der Waals surface area (Å²) in [7, 11) is -4.11. The number of halogens is 2. The number of nitrogens with one attached hydrogen (secondary N) is 1. The number of benzene rings is 3. The van der Waals surface area contributed by atoms with Crippen LogP contribution in [-0.2, 0) is 26.2 Å². The Hall–Kier alpha value is -3.07. The Balaban J connectivity index is 1.71. The molecule has 10 heteroatoms. The van der Waals surface area contributed by atoms with E-state index in [2.05, 4.69) is 5.32 Å². The maximum absolute atomic E-state index is 14.2. The van der Waals surface area contributed by atoms with Crippen LogP contribution in [0.3, 0.4) is 0 Å². The third-order valence-corrected chi connectivity index (χ3v) is 10.1. The summed E-state index contributed by atoms with van der Waals surface area (Å²) in [5.41, 5.74) is 1.88. The summed E-state index contributed by atoms with van der Waals surface area (Å²) in [6, 6.07) is 19.3. The van der Waals surface area contributed by atoms with E-state index in [1.54, 1.807) is 54.6 Å². The number of amides is 2. The number of rotatable bonds is 11. The van der Waals surface area contributed by atoms with Gasteiger partial charge in [-0.15, -0.1) is 0 Å². The highest BCUT2D eigenvalue weighted by Gasteiger charge is 2.34. The van der Waals surface area contributed by atoms with Gasteiger partial charge in [0.25, 0.3) is 10.0 Å². The zero-order valence-corrected chi connectivity index (χ0v) is 26.3. The fraction of sp³-hybridized carbons (Fsp3) is 0.375. The van der Waals surface area contributed by atoms with Gasteiger partial charge in [0.1, 0.15) is 12.6 Å². The third-order valence-electron chi connectivity index (χ3n) is 7.57. The molecule has 4 rings (SSSR count). The molecule has 1 aliphatic carbocycles. The Morgan fingerprint density at radius 3 is 2.29 bits per heavy atom. The van der Waals surface area contributed by atoms with Crippen molar-refractivity contribution in [1.29, 1.82) is 0 Å². The van der Waals surface area contributed by atoms with E-state index in [0.29, 0.717) is 27.7 Å². The molecule has 0 heterocycles. The minimum Gasteiger partial charge on any atom is -0.352 e. The highest BCUT2D eigenvalue weighted by atomic mass is 35.5. The minimum atomic E-state index is -4.11. The van der Waals surface area contributed by atoms with Gasteiger partial charge in [0.2, 0.25) is 11.8 Å². The molecule has 2 amide bonds. The first-order chi connectivity index (χ1) is 20.1. The molecule has 3 aromatic rings. The molecule has 0 bridgehead atoms. The SMILES string of the molecule is CCC(C(=O)NC1CCCCC1)N(Cc1ccc(Cl)c(Cl)c1)C(=O)CN(c1cccc(C)c1)S(=O)(=O)c1ccccc1. The molecule has 1 unspecified atom stereocenters. The topological polar surface area (TPSA) is 86.8 Å². The Morgan fingerprint density at radius 2 is 1.64 bits per heavy atom. The summed E-state index contributed by atoms with van der Waals surface area (Å²) >= 11 is 12.4. The molecule has 0 aliphatic heterocycles. The molecule has 1 atom stereocenters. The van der Waals surface area contributed by atoms with Crippen molar-refractivity contribution in [3.8, 4) is 0 Å². The average molecular weight is 631 g/mol. The Morgan fingerprint density at radius 1 is 0.929 bits per heavy atom. The number of aryl methyl sites for hydroxylation is 1. The smallest absolute Gasteiger partial charge is 0.264 e. The summed E-state index contributed by atoms with van der Waals surface area (Å²) < 4.78 is 29.0. The number of carbonyl (C=O) groups is 2. The van der Waals surface area contributed by atoms with Crippen molar-refractivity contribution >= 4 is 50.7 Å². The van der Waals surface area contributed by atoms with Crippen molar-refractivity contribution in [1.82, 2.24) is 10.2 Å². The van der Waals surface area contributed by atoms with Crippen molar-refractivity contribution in [2.45, 2.75) is 75.9 Å². The van der Waals surface area contributed by atoms with Crippen LogP contribution in [0.1, 0.15) is 56.6 Å². The van der Waals surface area contributed by atoms with E-state index in [9.17, 15) is 18.0 Å². The van der Waals surface area contributed by atoms with Crippen molar-refractivity contribution in [2.24, 2.45) is 0 Å². The lowest BCUT2D eigenvalue weighted by molar-refractivity contribution is -0.140. The Kier molecular flexibility index (Phi) is 10.9. The van der Waals surface area contributed by atoms with Gasteiger partial charge in [-0.25, -0.2) is 8.42 Å². The fourth-order valence-electron chi connectivity index (χ4n) is 5.33. The first kappa shape index (κ1) is 31.9. The molecule has 0 radical (unpaired) electrons. The number of sulfonamides is 1. The molecule has 0 aromatic heterocycles. The molecule has 1 N–H and O–H groups in total. The molecule has 42 heavy (non-hydrogen) atoms. The molecule has 0 spiro atoms. The zero-order chi connectivity index (χ0) is 30.3. The van der Waals surface area contributed by atoms with E-state index in [4.69, 9.17) is 23.2 Å². The van der Waals surface area contributed by atoms with Crippen LogP contribution in [0.15, 0.2) is 77.7 Å². The van der Waals surface area contributed by atoms with Crippen LogP contribution in [0.5, 0.6) is 0 Å². The van der Waals surface area contributed by atoms with Crippen LogP contribution in [0.2, 0.25) is 10.0 Å².